The summed E-state index contributed by atoms with van der Waals surface area (Å²) < 4.78 is 0. The summed E-state index contributed by atoms with van der Waals surface area (Å²) in [6, 6.07) is 10.7. The van der Waals surface area contributed by atoms with Gasteiger partial charge in [0.25, 0.3) is 0 Å². The summed E-state index contributed by atoms with van der Waals surface area (Å²) in [6.45, 7) is 4.23. The lowest BCUT2D eigenvalue weighted by Gasteiger charge is -2.11. The summed E-state index contributed by atoms with van der Waals surface area (Å²) in [5, 5.41) is 3.26. The molecule has 2 aromatic heterocycles. The van der Waals surface area contributed by atoms with Crippen molar-refractivity contribution in [3.05, 3.63) is 57.3 Å². The molecule has 0 saturated heterocycles. The maximum atomic E-state index is 5.63. The molecule has 0 radical (unpaired) electrons. The van der Waals surface area contributed by atoms with Crippen molar-refractivity contribution in [2.45, 2.75) is 20.3 Å². The number of nitrogens with zero attached hydrogens (tertiary/aromatic N) is 1. The lowest BCUT2D eigenvalue weighted by atomic mass is 10.0. The third kappa shape index (κ3) is 2.40. The number of nitrogen functional groups attached to an aromatic ring is 1. The number of hydrogen-bond acceptors (Lipinski definition) is 4. The highest BCUT2D eigenvalue weighted by molar-refractivity contribution is 7.09. The van der Waals surface area contributed by atoms with Gasteiger partial charge in [0.1, 0.15) is 5.82 Å². The van der Waals surface area contributed by atoms with Crippen molar-refractivity contribution in [2.24, 2.45) is 5.84 Å². The second kappa shape index (κ2) is 5.23. The molecular weight excluding hydrogens is 266 g/mol. The lowest BCUT2D eigenvalue weighted by Crippen LogP contribution is -2.11. The van der Waals surface area contributed by atoms with Crippen molar-refractivity contribution >= 4 is 28.1 Å². The lowest BCUT2D eigenvalue weighted by molar-refractivity contribution is 1.16. The van der Waals surface area contributed by atoms with Gasteiger partial charge in [0, 0.05) is 22.2 Å². The van der Waals surface area contributed by atoms with E-state index >= 15 is 0 Å². The zero-order valence-corrected chi connectivity index (χ0v) is 12.4. The Balaban J connectivity index is 2.13. The van der Waals surface area contributed by atoms with Crippen LogP contribution in [0.5, 0.6) is 0 Å². The number of fused-ring (bicyclic) bond motifs is 1. The molecule has 0 aliphatic heterocycles. The average Bonchev–Trinajstić information content (AvgIpc) is 2.93. The summed E-state index contributed by atoms with van der Waals surface area (Å²) in [5.74, 6) is 6.39. The van der Waals surface area contributed by atoms with Gasteiger partial charge >= 0.3 is 0 Å². The molecule has 0 spiro atoms. The smallest absolute Gasteiger partial charge is 0.144 e. The second-order valence-electron chi connectivity index (χ2n) is 5.03. The molecule has 0 bridgehead atoms. The van der Waals surface area contributed by atoms with Gasteiger partial charge in [-0.1, -0.05) is 6.07 Å². The number of aryl methyl sites for hydroxylation is 2. The van der Waals surface area contributed by atoms with E-state index in [0.29, 0.717) is 0 Å². The maximum absolute atomic E-state index is 5.63. The summed E-state index contributed by atoms with van der Waals surface area (Å²) in [7, 11) is 0. The van der Waals surface area contributed by atoms with Crippen LogP contribution in [0.25, 0.3) is 10.9 Å². The van der Waals surface area contributed by atoms with Gasteiger partial charge in [0.15, 0.2) is 0 Å². The predicted molar refractivity (Wildman–Crippen MR) is 86.2 cm³/mol. The van der Waals surface area contributed by atoms with E-state index in [1.807, 2.05) is 0 Å². The topological polar surface area (TPSA) is 50.9 Å². The Morgan fingerprint density at radius 1 is 1.20 bits per heavy atom. The van der Waals surface area contributed by atoms with Crippen molar-refractivity contribution in [3.8, 4) is 0 Å². The number of benzene rings is 1. The van der Waals surface area contributed by atoms with E-state index < -0.39 is 0 Å². The summed E-state index contributed by atoms with van der Waals surface area (Å²) in [6.07, 6.45) is 0.854. The number of nitrogens with two attached hydrogens (primary N) is 1. The van der Waals surface area contributed by atoms with Crippen LogP contribution < -0.4 is 11.3 Å². The molecule has 0 aliphatic rings. The van der Waals surface area contributed by atoms with Gasteiger partial charge in [0.2, 0.25) is 0 Å². The van der Waals surface area contributed by atoms with Crippen molar-refractivity contribution in [1.82, 2.24) is 4.98 Å². The van der Waals surface area contributed by atoms with Crippen LogP contribution in [-0.2, 0) is 6.42 Å². The van der Waals surface area contributed by atoms with Gasteiger partial charge in [-0.15, -0.1) is 11.3 Å². The largest absolute Gasteiger partial charge is 0.308 e. The first-order valence-corrected chi connectivity index (χ1v) is 7.45. The van der Waals surface area contributed by atoms with E-state index in [-0.39, 0.29) is 0 Å². The molecule has 0 fully saturated rings. The number of aromatic nitrogens is 1. The molecule has 3 nitrogen and oxygen atoms in total. The average molecular weight is 283 g/mol. The highest BCUT2D eigenvalue weighted by Crippen LogP contribution is 2.26. The molecule has 4 heteroatoms. The normalized spacial score (nSPS) is 10.9. The number of thiophene rings is 1. The number of pyridine rings is 1. The van der Waals surface area contributed by atoms with Crippen LogP contribution >= 0.6 is 11.3 Å². The zero-order valence-electron chi connectivity index (χ0n) is 11.6. The fourth-order valence-corrected chi connectivity index (χ4v) is 3.07. The minimum absolute atomic E-state index is 0.758. The van der Waals surface area contributed by atoms with Crippen LogP contribution in [0, 0.1) is 13.8 Å². The van der Waals surface area contributed by atoms with Gasteiger partial charge < -0.3 is 5.43 Å². The fraction of sp³-hybridized carbons (Fsp3) is 0.188. The highest BCUT2D eigenvalue weighted by atomic mass is 32.1. The van der Waals surface area contributed by atoms with Crippen LogP contribution in [0.3, 0.4) is 0 Å². The van der Waals surface area contributed by atoms with E-state index in [4.69, 9.17) is 5.84 Å². The van der Waals surface area contributed by atoms with Crippen molar-refractivity contribution in [3.63, 3.8) is 0 Å². The van der Waals surface area contributed by atoms with Gasteiger partial charge in [0.05, 0.1) is 5.52 Å². The van der Waals surface area contributed by atoms with Crippen LogP contribution in [0.2, 0.25) is 0 Å². The van der Waals surface area contributed by atoms with Crippen LogP contribution in [0.15, 0.2) is 35.7 Å². The van der Waals surface area contributed by atoms with E-state index in [1.54, 1.807) is 11.3 Å². The van der Waals surface area contributed by atoms with E-state index in [9.17, 15) is 0 Å². The summed E-state index contributed by atoms with van der Waals surface area (Å²) in [4.78, 5) is 5.96. The van der Waals surface area contributed by atoms with Gasteiger partial charge in [-0.2, -0.15) is 0 Å². The molecule has 0 atom stereocenters. The Morgan fingerprint density at radius 3 is 2.70 bits per heavy atom. The Hall–Kier alpha value is -1.91. The minimum Gasteiger partial charge on any atom is -0.308 e. The second-order valence-corrected chi connectivity index (χ2v) is 6.06. The van der Waals surface area contributed by atoms with E-state index in [1.165, 1.54) is 21.4 Å². The standard InChI is InChI=1S/C16H17N3S/c1-10-6-12-8-13(9-14-4-3-5-20-14)16(19-17)18-15(12)7-11(10)2/h3-8H,9,17H2,1-2H3,(H,18,19). The number of anilines is 1. The Bertz CT molecular complexity index is 748. The molecule has 102 valence electrons. The molecule has 2 heterocycles. The molecule has 3 N–H and O–H groups in total. The van der Waals surface area contributed by atoms with E-state index in [0.717, 1.165) is 23.3 Å². The molecule has 20 heavy (non-hydrogen) atoms. The molecule has 0 amide bonds. The SMILES string of the molecule is Cc1cc2cc(Cc3cccs3)c(NN)nc2cc1C. The summed E-state index contributed by atoms with van der Waals surface area (Å²) >= 11 is 1.75. The maximum Gasteiger partial charge on any atom is 0.144 e. The van der Waals surface area contributed by atoms with Crippen molar-refractivity contribution < 1.29 is 0 Å². The Labute approximate surface area is 122 Å². The van der Waals surface area contributed by atoms with Crippen LogP contribution in [0.1, 0.15) is 21.6 Å². The number of hydrazine groups is 1. The van der Waals surface area contributed by atoms with Gasteiger partial charge in [-0.25, -0.2) is 10.8 Å². The van der Waals surface area contributed by atoms with E-state index in [2.05, 4.69) is 60.0 Å². The predicted octanol–water partition coefficient (Wildman–Crippen LogP) is 3.79. The molecule has 0 aliphatic carbocycles. The third-order valence-electron chi connectivity index (χ3n) is 3.59. The quantitative estimate of drug-likeness (QED) is 0.568. The summed E-state index contributed by atoms with van der Waals surface area (Å²) in [5.41, 5.74) is 7.38. The number of rotatable bonds is 3. The van der Waals surface area contributed by atoms with Crippen LogP contribution in [0.4, 0.5) is 5.82 Å². The third-order valence-corrected chi connectivity index (χ3v) is 4.47. The Kier molecular flexibility index (Phi) is 3.42. The monoisotopic (exact) mass is 283 g/mol. The fourth-order valence-electron chi connectivity index (χ4n) is 2.34. The molecule has 3 aromatic rings. The molecule has 1 aromatic carbocycles. The first-order chi connectivity index (χ1) is 9.67. The number of nitrogens with one attached hydrogen (secondary N) is 1. The number of hydrogen-bond donors (Lipinski definition) is 2. The first kappa shape index (κ1) is 13.1. The Morgan fingerprint density at radius 2 is 2.00 bits per heavy atom. The van der Waals surface area contributed by atoms with Gasteiger partial charge in [-0.05, 0) is 54.6 Å². The molecular formula is C16H17N3S. The first-order valence-electron chi connectivity index (χ1n) is 6.57. The molecule has 0 saturated carbocycles. The molecule has 0 unspecified atom stereocenters. The van der Waals surface area contributed by atoms with Crippen molar-refractivity contribution in [1.29, 1.82) is 0 Å². The minimum atomic E-state index is 0.758. The van der Waals surface area contributed by atoms with Gasteiger partial charge in [-0.3, -0.25) is 0 Å². The zero-order chi connectivity index (χ0) is 14.1. The highest BCUT2D eigenvalue weighted by Gasteiger charge is 2.08. The van der Waals surface area contributed by atoms with Crippen molar-refractivity contribution in [2.75, 3.05) is 5.43 Å². The van der Waals surface area contributed by atoms with Crippen LogP contribution in [-0.4, -0.2) is 4.98 Å². The molecule has 3 rings (SSSR count).